The smallest absolute Gasteiger partial charge is 0.0366 e. The minimum absolute atomic E-state index is 0.643. The van der Waals surface area contributed by atoms with Crippen LogP contribution in [-0.2, 0) is 0 Å². The number of hydrogen-bond donors (Lipinski definition) is 0. The Morgan fingerprint density at radius 3 is 1.12 bits per heavy atom. The summed E-state index contributed by atoms with van der Waals surface area (Å²) in [5.74, 6) is 0. The molecule has 4 heteroatoms. The molecule has 4 heterocycles. The first-order valence-corrected chi connectivity index (χ1v) is 13.2. The average Bonchev–Trinajstić information content (AvgIpc) is 2.78. The monoisotopic (exact) mass is 466 g/mol. The van der Waals surface area contributed by atoms with Gasteiger partial charge >= 0.3 is 0 Å². The highest BCUT2D eigenvalue weighted by Gasteiger charge is 2.50. The molecule has 34 heavy (non-hydrogen) atoms. The van der Waals surface area contributed by atoms with Crippen molar-refractivity contribution in [1.29, 1.82) is 0 Å². The lowest BCUT2D eigenvalue weighted by Gasteiger charge is -2.60. The highest BCUT2D eigenvalue weighted by molar-refractivity contribution is 5.50. The van der Waals surface area contributed by atoms with Crippen molar-refractivity contribution in [2.75, 3.05) is 78.4 Å². The zero-order valence-corrected chi connectivity index (χ0v) is 23.2. The van der Waals surface area contributed by atoms with Crippen LogP contribution >= 0.6 is 0 Å². The van der Waals surface area contributed by atoms with Gasteiger partial charge in [0.2, 0.25) is 0 Å². The van der Waals surface area contributed by atoms with Crippen LogP contribution in [0.15, 0.2) is 60.7 Å². The summed E-state index contributed by atoms with van der Waals surface area (Å²) in [6, 6.07) is 21.0. The summed E-state index contributed by atoms with van der Waals surface area (Å²) < 4.78 is 0. The third-order valence-corrected chi connectivity index (χ3v) is 6.75. The predicted octanol–water partition coefficient (Wildman–Crippen LogP) is 5.35. The van der Waals surface area contributed by atoms with E-state index in [1.165, 1.54) is 63.6 Å². The molecule has 190 valence electrons. The van der Waals surface area contributed by atoms with Gasteiger partial charge in [-0.05, 0) is 40.2 Å². The Balaban J connectivity index is 0.000000178. The van der Waals surface area contributed by atoms with Crippen LogP contribution in [0.5, 0.6) is 0 Å². The predicted molar refractivity (Wildman–Crippen MR) is 150 cm³/mol. The molecule has 6 rings (SSSR count). The maximum atomic E-state index is 2.48. The summed E-state index contributed by atoms with van der Waals surface area (Å²) >= 11 is 0. The molecule has 0 atom stereocenters. The van der Waals surface area contributed by atoms with E-state index in [9.17, 15) is 0 Å². The third-order valence-electron chi connectivity index (χ3n) is 6.75. The van der Waals surface area contributed by atoms with Gasteiger partial charge in [0.1, 0.15) is 0 Å². The second-order valence-electron chi connectivity index (χ2n) is 10.4. The largest absolute Gasteiger partial charge is 0.370 e. The minimum Gasteiger partial charge on any atom is -0.370 e. The van der Waals surface area contributed by atoms with E-state index in [0.717, 1.165) is 5.41 Å². The number of para-hydroxylation sites is 1. The van der Waals surface area contributed by atoms with Crippen molar-refractivity contribution in [3.63, 3.8) is 0 Å². The Morgan fingerprint density at radius 2 is 0.824 bits per heavy atom. The Kier molecular flexibility index (Phi) is 11.1. The van der Waals surface area contributed by atoms with Crippen molar-refractivity contribution in [3.8, 4) is 0 Å². The molecule has 4 saturated heterocycles. The maximum absolute atomic E-state index is 2.48. The molecule has 4 nitrogen and oxygen atoms in total. The summed E-state index contributed by atoms with van der Waals surface area (Å²) in [6.07, 6.45) is 0. The SMILES string of the molecule is CC.CC.CN1CC2(C1)CN(C)C2.CN1CC2(C1)CN(c1ccccc1)C2.Cc1ccccc1. The number of aryl methyl sites for hydroxylation is 1. The first-order valence-electron chi connectivity index (χ1n) is 13.2. The average molecular weight is 467 g/mol. The molecule has 0 amide bonds. The summed E-state index contributed by atoms with van der Waals surface area (Å²) in [5, 5.41) is 0. The summed E-state index contributed by atoms with van der Waals surface area (Å²) in [7, 11) is 6.60. The Bertz CT molecular complexity index is 762. The minimum atomic E-state index is 0.643. The number of benzene rings is 2. The molecule has 0 N–H and O–H groups in total. The Morgan fingerprint density at radius 1 is 0.500 bits per heavy atom. The molecule has 2 spiro atoms. The number of likely N-dealkylation sites (tertiary alicyclic amines) is 3. The topological polar surface area (TPSA) is 13.0 Å². The van der Waals surface area contributed by atoms with E-state index < -0.39 is 0 Å². The lowest BCUT2D eigenvalue weighted by atomic mass is 9.73. The van der Waals surface area contributed by atoms with Gasteiger partial charge in [-0.3, -0.25) is 0 Å². The van der Waals surface area contributed by atoms with Crippen LogP contribution < -0.4 is 4.90 Å². The fraction of sp³-hybridized carbons (Fsp3) is 0.600. The lowest BCUT2D eigenvalue weighted by molar-refractivity contribution is -0.0926. The molecule has 0 unspecified atom stereocenters. The van der Waals surface area contributed by atoms with Gasteiger partial charge in [0.15, 0.2) is 0 Å². The van der Waals surface area contributed by atoms with E-state index in [2.05, 4.69) is 90.1 Å². The van der Waals surface area contributed by atoms with E-state index in [0.29, 0.717) is 5.41 Å². The molecular weight excluding hydrogens is 416 g/mol. The molecule has 4 aliphatic heterocycles. The van der Waals surface area contributed by atoms with Crippen LogP contribution in [0.25, 0.3) is 0 Å². The normalized spacial score (nSPS) is 21.2. The maximum Gasteiger partial charge on any atom is 0.0366 e. The molecule has 0 saturated carbocycles. The summed E-state index contributed by atoms with van der Waals surface area (Å²) in [4.78, 5) is 9.68. The molecule has 0 radical (unpaired) electrons. The van der Waals surface area contributed by atoms with Crippen molar-refractivity contribution in [1.82, 2.24) is 14.7 Å². The van der Waals surface area contributed by atoms with Crippen LogP contribution in [0.3, 0.4) is 0 Å². The molecule has 2 aromatic rings. The molecule has 0 aliphatic carbocycles. The second-order valence-corrected chi connectivity index (χ2v) is 10.4. The van der Waals surface area contributed by atoms with E-state index in [1.807, 2.05) is 45.9 Å². The molecule has 2 aromatic carbocycles. The molecule has 0 aromatic heterocycles. The molecule has 0 bridgehead atoms. The Labute approximate surface area is 210 Å². The van der Waals surface area contributed by atoms with E-state index in [4.69, 9.17) is 0 Å². The van der Waals surface area contributed by atoms with Gasteiger partial charge in [0.05, 0.1) is 0 Å². The number of rotatable bonds is 1. The van der Waals surface area contributed by atoms with Gasteiger partial charge in [-0.25, -0.2) is 0 Å². The fourth-order valence-electron chi connectivity index (χ4n) is 5.82. The second kappa shape index (κ2) is 13.3. The molecular formula is C30H50N4. The zero-order chi connectivity index (χ0) is 25.2. The van der Waals surface area contributed by atoms with Crippen molar-refractivity contribution in [2.45, 2.75) is 34.6 Å². The van der Waals surface area contributed by atoms with Gasteiger partial charge in [-0.1, -0.05) is 81.8 Å². The standard InChI is InChI=1S/C12H16N2.C7H14N2.C7H8.2C2H6/c1-13-7-12(8-13)9-14(10-12)11-5-3-2-4-6-11;1-8-3-7(4-8)5-9(2)6-7;1-7-5-3-2-4-6-7;2*1-2/h2-6H,7-10H2,1H3;3-6H2,1-2H3;2-6H,1H3;2*1-2H3. The van der Waals surface area contributed by atoms with Crippen LogP contribution in [0.1, 0.15) is 33.3 Å². The van der Waals surface area contributed by atoms with Gasteiger partial charge in [-0.15, -0.1) is 0 Å². The Hall–Kier alpha value is -1.88. The summed E-state index contributed by atoms with van der Waals surface area (Å²) in [6.45, 7) is 20.5. The van der Waals surface area contributed by atoms with E-state index in [1.54, 1.807) is 0 Å². The highest BCUT2D eigenvalue weighted by atomic mass is 15.3. The van der Waals surface area contributed by atoms with Crippen molar-refractivity contribution < 1.29 is 0 Å². The van der Waals surface area contributed by atoms with E-state index >= 15 is 0 Å². The number of nitrogens with zero attached hydrogens (tertiary/aromatic N) is 4. The molecule has 4 fully saturated rings. The highest BCUT2D eigenvalue weighted by Crippen LogP contribution is 2.40. The quantitative estimate of drug-likeness (QED) is 0.562. The van der Waals surface area contributed by atoms with Crippen LogP contribution in [0.4, 0.5) is 5.69 Å². The van der Waals surface area contributed by atoms with Gasteiger partial charge in [0, 0.05) is 68.9 Å². The van der Waals surface area contributed by atoms with Gasteiger partial charge in [-0.2, -0.15) is 0 Å². The third kappa shape index (κ3) is 7.56. The van der Waals surface area contributed by atoms with Crippen LogP contribution in [0, 0.1) is 17.8 Å². The van der Waals surface area contributed by atoms with E-state index in [-0.39, 0.29) is 0 Å². The van der Waals surface area contributed by atoms with Crippen molar-refractivity contribution in [3.05, 3.63) is 66.2 Å². The zero-order valence-electron chi connectivity index (χ0n) is 23.2. The first kappa shape index (κ1) is 28.4. The first-order chi connectivity index (χ1) is 16.4. The lowest BCUT2D eigenvalue weighted by Crippen LogP contribution is -2.71. The fourth-order valence-corrected chi connectivity index (χ4v) is 5.82. The van der Waals surface area contributed by atoms with Crippen molar-refractivity contribution in [2.24, 2.45) is 10.8 Å². The molecule has 4 aliphatic rings. The van der Waals surface area contributed by atoms with Gasteiger partial charge < -0.3 is 19.6 Å². The van der Waals surface area contributed by atoms with Gasteiger partial charge in [0.25, 0.3) is 0 Å². The van der Waals surface area contributed by atoms with Crippen LogP contribution in [0.2, 0.25) is 0 Å². The van der Waals surface area contributed by atoms with Crippen LogP contribution in [-0.4, -0.2) is 88.2 Å². The summed E-state index contributed by atoms with van der Waals surface area (Å²) in [5.41, 5.74) is 4.09. The number of hydrogen-bond acceptors (Lipinski definition) is 4. The van der Waals surface area contributed by atoms with Crippen molar-refractivity contribution >= 4 is 5.69 Å². The number of anilines is 1.